The molecule has 0 saturated carbocycles. The average Bonchev–Trinajstić information content (AvgIpc) is 2.38. The molecule has 0 aromatic heterocycles. The molecule has 0 aliphatic heterocycles. The van der Waals surface area contributed by atoms with Crippen LogP contribution in [0.5, 0.6) is 0 Å². The van der Waals surface area contributed by atoms with E-state index in [1.165, 1.54) is 0 Å². The quantitative estimate of drug-likeness (QED) is 0.812. The summed E-state index contributed by atoms with van der Waals surface area (Å²) in [6, 6.07) is 4.91. The van der Waals surface area contributed by atoms with E-state index in [9.17, 15) is 4.79 Å². The van der Waals surface area contributed by atoms with Gasteiger partial charge in [0.1, 0.15) is 0 Å². The summed E-state index contributed by atoms with van der Waals surface area (Å²) >= 11 is 13.6. The Balaban J connectivity index is 2.35. The van der Waals surface area contributed by atoms with Gasteiger partial charge in [-0.25, -0.2) is 0 Å². The highest BCUT2D eigenvalue weighted by Gasteiger charge is 2.12. The monoisotopic (exact) mass is 320 g/mol. The first kappa shape index (κ1) is 16.6. The van der Waals surface area contributed by atoms with E-state index in [1.807, 2.05) is 12.3 Å². The van der Waals surface area contributed by atoms with Crippen LogP contribution in [-0.4, -0.2) is 30.5 Å². The number of hydrogen-bond donors (Lipinski definition) is 2. The van der Waals surface area contributed by atoms with Crippen LogP contribution in [0.3, 0.4) is 0 Å². The van der Waals surface area contributed by atoms with E-state index < -0.39 is 6.04 Å². The zero-order valence-electron chi connectivity index (χ0n) is 10.8. The summed E-state index contributed by atoms with van der Waals surface area (Å²) in [5.74, 6) is 0.775. The average molecular weight is 321 g/mol. The van der Waals surface area contributed by atoms with Gasteiger partial charge in [0.05, 0.1) is 6.04 Å². The van der Waals surface area contributed by atoms with Gasteiger partial charge in [0.2, 0.25) is 5.91 Å². The third-order valence-corrected chi connectivity index (χ3v) is 3.91. The Hall–Kier alpha value is -0.420. The van der Waals surface area contributed by atoms with Gasteiger partial charge in [-0.05, 0) is 42.5 Å². The maximum atomic E-state index is 11.7. The molecular formula is C13H18Cl2N2OS. The fraction of sp³-hybridized carbons (Fsp3) is 0.462. The van der Waals surface area contributed by atoms with Gasteiger partial charge in [-0.3, -0.25) is 4.79 Å². The van der Waals surface area contributed by atoms with Gasteiger partial charge in [0.15, 0.2) is 0 Å². The molecule has 0 aliphatic carbocycles. The number of rotatable bonds is 7. The van der Waals surface area contributed by atoms with Crippen molar-refractivity contribution < 1.29 is 4.79 Å². The summed E-state index contributed by atoms with van der Waals surface area (Å²) in [5, 5.41) is 4.04. The zero-order chi connectivity index (χ0) is 14.3. The van der Waals surface area contributed by atoms with E-state index in [2.05, 4.69) is 5.32 Å². The number of carbonyl (C=O) groups excluding carboxylic acids is 1. The molecule has 19 heavy (non-hydrogen) atoms. The van der Waals surface area contributed by atoms with E-state index in [0.29, 0.717) is 29.4 Å². The van der Waals surface area contributed by atoms with Crippen LogP contribution in [0, 0.1) is 0 Å². The van der Waals surface area contributed by atoms with E-state index in [4.69, 9.17) is 28.9 Å². The SMILES string of the molecule is CSCC[C@@H](N)C(=O)NCCc1ccc(Cl)cc1Cl. The molecule has 0 saturated heterocycles. The third-order valence-electron chi connectivity index (χ3n) is 2.68. The normalized spacial score (nSPS) is 12.2. The highest BCUT2D eigenvalue weighted by atomic mass is 35.5. The second kappa shape index (κ2) is 8.69. The van der Waals surface area contributed by atoms with Crippen molar-refractivity contribution >= 4 is 40.9 Å². The highest BCUT2D eigenvalue weighted by molar-refractivity contribution is 7.98. The first-order chi connectivity index (χ1) is 9.04. The summed E-state index contributed by atoms with van der Waals surface area (Å²) in [5.41, 5.74) is 6.73. The van der Waals surface area contributed by atoms with Gasteiger partial charge >= 0.3 is 0 Å². The van der Waals surface area contributed by atoms with Crippen molar-refractivity contribution in [2.24, 2.45) is 5.73 Å². The number of hydrogen-bond acceptors (Lipinski definition) is 3. The van der Waals surface area contributed by atoms with Crippen molar-refractivity contribution in [1.29, 1.82) is 0 Å². The predicted molar refractivity (Wildman–Crippen MR) is 84.2 cm³/mol. The lowest BCUT2D eigenvalue weighted by atomic mass is 10.1. The lowest BCUT2D eigenvalue weighted by molar-refractivity contribution is -0.122. The van der Waals surface area contributed by atoms with Gasteiger partial charge < -0.3 is 11.1 Å². The maximum Gasteiger partial charge on any atom is 0.236 e. The molecule has 1 rings (SSSR count). The number of nitrogens with one attached hydrogen (secondary N) is 1. The van der Waals surface area contributed by atoms with Crippen LogP contribution < -0.4 is 11.1 Å². The molecule has 1 amide bonds. The Bertz CT molecular complexity index is 429. The molecule has 106 valence electrons. The topological polar surface area (TPSA) is 55.1 Å². The zero-order valence-corrected chi connectivity index (χ0v) is 13.1. The second-order valence-electron chi connectivity index (χ2n) is 4.16. The molecule has 0 bridgehead atoms. The second-order valence-corrected chi connectivity index (χ2v) is 5.99. The van der Waals surface area contributed by atoms with Crippen molar-refractivity contribution in [2.45, 2.75) is 18.9 Å². The smallest absolute Gasteiger partial charge is 0.236 e. The van der Waals surface area contributed by atoms with Crippen molar-refractivity contribution in [1.82, 2.24) is 5.32 Å². The Morgan fingerprint density at radius 2 is 2.21 bits per heavy atom. The Kier molecular flexibility index (Phi) is 7.61. The molecule has 6 heteroatoms. The van der Waals surface area contributed by atoms with Gasteiger partial charge in [0, 0.05) is 16.6 Å². The Morgan fingerprint density at radius 1 is 1.47 bits per heavy atom. The number of carbonyl (C=O) groups is 1. The predicted octanol–water partition coefficient (Wildman–Crippen LogP) is 2.73. The van der Waals surface area contributed by atoms with Crippen LogP contribution in [0.15, 0.2) is 18.2 Å². The van der Waals surface area contributed by atoms with E-state index in [-0.39, 0.29) is 5.91 Å². The van der Waals surface area contributed by atoms with Gasteiger partial charge in [-0.1, -0.05) is 29.3 Å². The molecule has 3 nitrogen and oxygen atoms in total. The highest BCUT2D eigenvalue weighted by Crippen LogP contribution is 2.20. The van der Waals surface area contributed by atoms with Gasteiger partial charge in [-0.2, -0.15) is 11.8 Å². The largest absolute Gasteiger partial charge is 0.354 e. The van der Waals surface area contributed by atoms with Crippen molar-refractivity contribution in [3.63, 3.8) is 0 Å². The van der Waals surface area contributed by atoms with E-state index >= 15 is 0 Å². The van der Waals surface area contributed by atoms with Gasteiger partial charge in [0.25, 0.3) is 0 Å². The molecule has 0 fully saturated rings. The molecule has 1 aromatic carbocycles. The molecule has 0 spiro atoms. The number of benzene rings is 1. The van der Waals surface area contributed by atoms with E-state index in [1.54, 1.807) is 23.9 Å². The van der Waals surface area contributed by atoms with Crippen molar-refractivity contribution in [3.05, 3.63) is 33.8 Å². The van der Waals surface area contributed by atoms with Gasteiger partial charge in [-0.15, -0.1) is 0 Å². The summed E-state index contributed by atoms with van der Waals surface area (Å²) in [4.78, 5) is 11.7. The van der Waals surface area contributed by atoms with E-state index in [0.717, 1.165) is 11.3 Å². The number of thioether (sulfide) groups is 1. The fourth-order valence-corrected chi connectivity index (χ4v) is 2.54. The lowest BCUT2D eigenvalue weighted by Gasteiger charge is -2.12. The number of amides is 1. The molecule has 1 aromatic rings. The van der Waals surface area contributed by atoms with Crippen LogP contribution in [0.25, 0.3) is 0 Å². The minimum atomic E-state index is -0.437. The third kappa shape index (κ3) is 6.04. The molecular weight excluding hydrogens is 303 g/mol. The Labute approximate surface area is 128 Å². The van der Waals surface area contributed by atoms with Crippen LogP contribution in [0.2, 0.25) is 10.0 Å². The Morgan fingerprint density at radius 3 is 2.84 bits per heavy atom. The van der Waals surface area contributed by atoms with Crippen LogP contribution in [-0.2, 0) is 11.2 Å². The minimum Gasteiger partial charge on any atom is -0.354 e. The first-order valence-corrected chi connectivity index (χ1v) is 8.15. The summed E-state index contributed by atoms with van der Waals surface area (Å²) in [6.45, 7) is 0.521. The molecule has 0 radical (unpaired) electrons. The maximum absolute atomic E-state index is 11.7. The molecule has 0 unspecified atom stereocenters. The van der Waals surface area contributed by atoms with Crippen molar-refractivity contribution in [3.8, 4) is 0 Å². The standard InChI is InChI=1S/C13H18Cl2N2OS/c1-19-7-5-12(16)13(18)17-6-4-9-2-3-10(14)8-11(9)15/h2-3,8,12H,4-7,16H2,1H3,(H,17,18)/t12-/m1/s1. The molecule has 1 atom stereocenters. The first-order valence-electron chi connectivity index (χ1n) is 6.00. The summed E-state index contributed by atoms with van der Waals surface area (Å²) in [6.07, 6.45) is 3.35. The molecule has 0 aliphatic rings. The molecule has 0 heterocycles. The lowest BCUT2D eigenvalue weighted by Crippen LogP contribution is -2.41. The number of nitrogens with two attached hydrogens (primary N) is 1. The van der Waals surface area contributed by atoms with Crippen molar-refractivity contribution in [2.75, 3.05) is 18.6 Å². The molecule has 3 N–H and O–H groups in total. The van der Waals surface area contributed by atoms with Crippen LogP contribution in [0.4, 0.5) is 0 Å². The minimum absolute atomic E-state index is 0.112. The summed E-state index contributed by atoms with van der Waals surface area (Å²) < 4.78 is 0. The number of halogens is 2. The van der Waals surface area contributed by atoms with Crippen LogP contribution >= 0.6 is 35.0 Å². The van der Waals surface area contributed by atoms with Crippen LogP contribution in [0.1, 0.15) is 12.0 Å². The fourth-order valence-electron chi connectivity index (χ4n) is 1.55. The summed E-state index contributed by atoms with van der Waals surface area (Å²) in [7, 11) is 0.